The van der Waals surface area contributed by atoms with Crippen LogP contribution < -0.4 is 11.1 Å². The highest BCUT2D eigenvalue weighted by atomic mass is 79.9. The van der Waals surface area contributed by atoms with Gasteiger partial charge in [0.1, 0.15) is 0 Å². The molecule has 0 saturated heterocycles. The van der Waals surface area contributed by atoms with Gasteiger partial charge in [-0.3, -0.25) is 9.59 Å². The summed E-state index contributed by atoms with van der Waals surface area (Å²) in [6.07, 6.45) is 2.50. The topological polar surface area (TPSA) is 72.2 Å². The summed E-state index contributed by atoms with van der Waals surface area (Å²) < 4.78 is 0.871. The summed E-state index contributed by atoms with van der Waals surface area (Å²) in [6, 6.07) is 5.41. The van der Waals surface area contributed by atoms with E-state index in [1.165, 1.54) is 0 Å². The van der Waals surface area contributed by atoms with E-state index in [0.717, 1.165) is 29.3 Å². The monoisotopic (exact) mass is 324 g/mol. The number of carbonyl (C=O) groups is 2. The lowest BCUT2D eigenvalue weighted by Gasteiger charge is -2.18. The first kappa shape index (κ1) is 14.1. The van der Waals surface area contributed by atoms with Crippen molar-refractivity contribution in [3.05, 3.63) is 33.8 Å². The predicted octanol–water partition coefficient (Wildman–Crippen LogP) is 2.14. The van der Waals surface area contributed by atoms with Crippen molar-refractivity contribution in [2.24, 2.45) is 11.7 Å². The van der Waals surface area contributed by atoms with Crippen molar-refractivity contribution < 1.29 is 9.59 Å². The average Bonchev–Trinajstić information content (AvgIpc) is 2.75. The van der Waals surface area contributed by atoms with Crippen molar-refractivity contribution in [1.29, 1.82) is 0 Å². The van der Waals surface area contributed by atoms with Crippen LogP contribution in [0.1, 0.15) is 35.2 Å². The van der Waals surface area contributed by atoms with Gasteiger partial charge < -0.3 is 11.1 Å². The van der Waals surface area contributed by atoms with Crippen molar-refractivity contribution in [3.8, 4) is 0 Å². The number of nitrogens with one attached hydrogen (secondary N) is 1. The lowest BCUT2D eigenvalue weighted by atomic mass is 10.0. The highest BCUT2D eigenvalue weighted by molar-refractivity contribution is 9.10. The van der Waals surface area contributed by atoms with Crippen LogP contribution in [-0.2, 0) is 4.79 Å². The summed E-state index contributed by atoms with van der Waals surface area (Å²) in [4.78, 5) is 23.5. The zero-order chi connectivity index (χ0) is 14.0. The van der Waals surface area contributed by atoms with Crippen molar-refractivity contribution in [1.82, 2.24) is 5.32 Å². The smallest absolute Gasteiger partial charge is 0.251 e. The normalized spacial score (nSPS) is 22.2. The molecule has 2 atom stereocenters. The quantitative estimate of drug-likeness (QED) is 0.894. The zero-order valence-electron chi connectivity index (χ0n) is 10.8. The van der Waals surface area contributed by atoms with Crippen LogP contribution in [0, 0.1) is 12.8 Å². The number of amides is 2. The largest absolute Gasteiger partial charge is 0.369 e. The fraction of sp³-hybridized carbons (Fsp3) is 0.429. The number of aryl methyl sites for hydroxylation is 1. The molecule has 0 spiro atoms. The molecule has 2 rings (SSSR count). The predicted molar refractivity (Wildman–Crippen MR) is 76.7 cm³/mol. The lowest BCUT2D eigenvalue weighted by molar-refractivity contribution is -0.122. The number of carbonyl (C=O) groups excluding carboxylic acids is 2. The van der Waals surface area contributed by atoms with Crippen LogP contribution in [0.4, 0.5) is 0 Å². The van der Waals surface area contributed by atoms with E-state index in [-0.39, 0.29) is 23.8 Å². The van der Waals surface area contributed by atoms with E-state index in [9.17, 15) is 9.59 Å². The van der Waals surface area contributed by atoms with Crippen LogP contribution in [0.25, 0.3) is 0 Å². The molecule has 4 nitrogen and oxygen atoms in total. The number of benzene rings is 1. The first-order chi connectivity index (χ1) is 8.97. The molecule has 1 saturated carbocycles. The van der Waals surface area contributed by atoms with Gasteiger partial charge in [0.05, 0.1) is 5.92 Å². The third-order valence-electron chi connectivity index (χ3n) is 3.50. The van der Waals surface area contributed by atoms with Crippen LogP contribution in [0.15, 0.2) is 22.7 Å². The van der Waals surface area contributed by atoms with Gasteiger partial charge in [-0.05, 0) is 43.5 Å². The number of nitrogens with two attached hydrogens (primary N) is 1. The van der Waals surface area contributed by atoms with Crippen molar-refractivity contribution in [2.45, 2.75) is 32.2 Å². The van der Waals surface area contributed by atoms with Gasteiger partial charge in [0.2, 0.25) is 5.91 Å². The molecule has 0 radical (unpaired) electrons. The fourth-order valence-corrected chi connectivity index (χ4v) is 3.20. The summed E-state index contributed by atoms with van der Waals surface area (Å²) in [6.45, 7) is 1.93. The Labute approximate surface area is 120 Å². The molecule has 102 valence electrons. The second-order valence-electron chi connectivity index (χ2n) is 5.04. The minimum absolute atomic E-state index is 0.135. The van der Waals surface area contributed by atoms with Crippen molar-refractivity contribution in [3.63, 3.8) is 0 Å². The molecule has 3 N–H and O–H groups in total. The highest BCUT2D eigenvalue weighted by Crippen LogP contribution is 2.26. The molecule has 1 aromatic carbocycles. The molecule has 0 unspecified atom stereocenters. The molecular formula is C14H17BrN2O2. The van der Waals surface area contributed by atoms with E-state index >= 15 is 0 Å². The number of primary amides is 1. The molecule has 1 aliphatic rings. The summed E-state index contributed by atoms with van der Waals surface area (Å²) >= 11 is 3.37. The first-order valence-electron chi connectivity index (χ1n) is 6.35. The van der Waals surface area contributed by atoms with Crippen LogP contribution in [0.5, 0.6) is 0 Å². The Balaban J connectivity index is 2.10. The third kappa shape index (κ3) is 3.35. The van der Waals surface area contributed by atoms with E-state index in [1.54, 1.807) is 6.07 Å². The van der Waals surface area contributed by atoms with E-state index in [2.05, 4.69) is 21.2 Å². The lowest BCUT2D eigenvalue weighted by Crippen LogP contribution is -2.42. The SMILES string of the molecule is Cc1cc(Br)cc(C(=O)N[C@H]2CCC[C@H]2C(N)=O)c1. The standard InChI is InChI=1S/C14H17BrN2O2/c1-8-5-9(7-10(15)6-8)14(19)17-12-4-2-3-11(12)13(16)18/h5-7,11-12H,2-4H2,1H3,(H2,16,18)(H,17,19)/t11-,12+/m1/s1. The van der Waals surface area contributed by atoms with Gasteiger partial charge in [0, 0.05) is 16.1 Å². The molecule has 2 amide bonds. The summed E-state index contributed by atoms with van der Waals surface area (Å²) in [5.74, 6) is -0.715. The summed E-state index contributed by atoms with van der Waals surface area (Å²) in [7, 11) is 0. The third-order valence-corrected chi connectivity index (χ3v) is 3.96. The molecule has 0 aromatic heterocycles. The Morgan fingerprint density at radius 3 is 2.68 bits per heavy atom. The maximum Gasteiger partial charge on any atom is 0.251 e. The van der Waals surface area contributed by atoms with Crippen LogP contribution in [-0.4, -0.2) is 17.9 Å². The molecule has 0 aliphatic heterocycles. The van der Waals surface area contributed by atoms with Crippen molar-refractivity contribution >= 4 is 27.7 Å². The average molecular weight is 325 g/mol. The zero-order valence-corrected chi connectivity index (χ0v) is 12.4. The molecule has 1 aromatic rings. The Morgan fingerprint density at radius 2 is 2.05 bits per heavy atom. The molecular weight excluding hydrogens is 308 g/mol. The number of halogens is 1. The summed E-state index contributed by atoms with van der Waals surface area (Å²) in [5.41, 5.74) is 6.96. The number of hydrogen-bond acceptors (Lipinski definition) is 2. The summed E-state index contributed by atoms with van der Waals surface area (Å²) in [5, 5.41) is 2.92. The number of rotatable bonds is 3. The van der Waals surface area contributed by atoms with Gasteiger partial charge in [-0.2, -0.15) is 0 Å². The van der Waals surface area contributed by atoms with Gasteiger partial charge >= 0.3 is 0 Å². The molecule has 1 aliphatic carbocycles. The second-order valence-corrected chi connectivity index (χ2v) is 5.95. The maximum absolute atomic E-state index is 12.2. The van der Waals surface area contributed by atoms with E-state index in [4.69, 9.17) is 5.73 Å². The van der Waals surface area contributed by atoms with Crippen LogP contribution in [0.3, 0.4) is 0 Å². The van der Waals surface area contributed by atoms with E-state index in [0.29, 0.717) is 5.56 Å². The Morgan fingerprint density at radius 1 is 1.32 bits per heavy atom. The van der Waals surface area contributed by atoms with Crippen LogP contribution in [0.2, 0.25) is 0 Å². The van der Waals surface area contributed by atoms with Crippen LogP contribution >= 0.6 is 15.9 Å². The van der Waals surface area contributed by atoms with Crippen molar-refractivity contribution in [2.75, 3.05) is 0 Å². The fourth-order valence-electron chi connectivity index (χ4n) is 2.59. The minimum Gasteiger partial charge on any atom is -0.369 e. The molecule has 1 fully saturated rings. The molecule has 0 heterocycles. The number of hydrogen-bond donors (Lipinski definition) is 2. The highest BCUT2D eigenvalue weighted by Gasteiger charge is 2.32. The Kier molecular flexibility index (Phi) is 4.24. The van der Waals surface area contributed by atoms with Gasteiger partial charge in [-0.15, -0.1) is 0 Å². The Hall–Kier alpha value is -1.36. The molecule has 5 heteroatoms. The van der Waals surface area contributed by atoms with E-state index in [1.807, 2.05) is 19.1 Å². The van der Waals surface area contributed by atoms with Gasteiger partial charge in [-0.25, -0.2) is 0 Å². The Bertz CT molecular complexity index is 496. The van der Waals surface area contributed by atoms with Gasteiger partial charge in [0.15, 0.2) is 0 Å². The van der Waals surface area contributed by atoms with E-state index < -0.39 is 0 Å². The minimum atomic E-state index is -0.326. The van der Waals surface area contributed by atoms with Gasteiger partial charge in [-0.1, -0.05) is 22.4 Å². The molecule has 0 bridgehead atoms. The maximum atomic E-state index is 12.2. The molecule has 19 heavy (non-hydrogen) atoms. The van der Waals surface area contributed by atoms with Gasteiger partial charge in [0.25, 0.3) is 5.91 Å². The second kappa shape index (κ2) is 5.74. The first-order valence-corrected chi connectivity index (χ1v) is 7.14.